The number of aromatic nitrogens is 1. The highest BCUT2D eigenvalue weighted by Gasteiger charge is 2.12. The van der Waals surface area contributed by atoms with Crippen molar-refractivity contribution in [2.24, 2.45) is 0 Å². The first kappa shape index (κ1) is 16.0. The number of nitro benzene ring substituents is 1. The fraction of sp³-hybridized carbons (Fsp3) is 0.118. The lowest BCUT2D eigenvalue weighted by Gasteiger charge is -2.10. The Morgan fingerprint density at radius 2 is 2.04 bits per heavy atom. The van der Waals surface area contributed by atoms with Crippen LogP contribution in [0.1, 0.15) is 5.56 Å². The van der Waals surface area contributed by atoms with Crippen LogP contribution in [-0.2, 0) is 11.3 Å². The van der Waals surface area contributed by atoms with Crippen molar-refractivity contribution in [3.05, 3.63) is 69.4 Å². The van der Waals surface area contributed by atoms with Crippen LogP contribution in [0.25, 0.3) is 10.9 Å². The molecule has 0 aliphatic heterocycles. The molecule has 1 aromatic heterocycles. The van der Waals surface area contributed by atoms with E-state index in [1.165, 1.54) is 12.1 Å². The summed E-state index contributed by atoms with van der Waals surface area (Å²) < 4.78 is 1.80. The van der Waals surface area contributed by atoms with Gasteiger partial charge in [-0.1, -0.05) is 17.7 Å². The Morgan fingerprint density at radius 1 is 1.25 bits per heavy atom. The van der Waals surface area contributed by atoms with Gasteiger partial charge in [-0.15, -0.1) is 0 Å². The van der Waals surface area contributed by atoms with Gasteiger partial charge >= 0.3 is 0 Å². The molecule has 7 heteroatoms. The van der Waals surface area contributed by atoms with Gasteiger partial charge in [0.2, 0.25) is 5.91 Å². The van der Waals surface area contributed by atoms with Crippen LogP contribution in [0.3, 0.4) is 0 Å². The molecule has 122 valence electrons. The van der Waals surface area contributed by atoms with E-state index in [0.717, 1.165) is 16.5 Å². The van der Waals surface area contributed by atoms with E-state index < -0.39 is 4.92 Å². The van der Waals surface area contributed by atoms with Crippen LogP contribution in [0.4, 0.5) is 11.4 Å². The predicted molar refractivity (Wildman–Crippen MR) is 93.4 cm³/mol. The molecule has 0 fully saturated rings. The van der Waals surface area contributed by atoms with E-state index in [9.17, 15) is 14.9 Å². The van der Waals surface area contributed by atoms with Crippen molar-refractivity contribution in [2.75, 3.05) is 5.32 Å². The summed E-state index contributed by atoms with van der Waals surface area (Å²) in [6.07, 6.45) is 1.81. The van der Waals surface area contributed by atoms with Crippen molar-refractivity contribution in [3.63, 3.8) is 0 Å². The molecule has 0 spiro atoms. The third kappa shape index (κ3) is 3.23. The topological polar surface area (TPSA) is 77.2 Å². The third-order valence-corrected chi connectivity index (χ3v) is 3.99. The normalized spacial score (nSPS) is 10.8. The number of benzene rings is 2. The number of halogens is 1. The van der Waals surface area contributed by atoms with Gasteiger partial charge in [-0.05, 0) is 36.8 Å². The number of non-ortho nitro benzene ring substituents is 1. The Labute approximate surface area is 142 Å². The molecule has 1 N–H and O–H groups in total. The van der Waals surface area contributed by atoms with Crippen molar-refractivity contribution in [3.8, 4) is 0 Å². The smallest absolute Gasteiger partial charge is 0.271 e. The van der Waals surface area contributed by atoms with Gasteiger partial charge < -0.3 is 9.88 Å². The van der Waals surface area contributed by atoms with Crippen LogP contribution >= 0.6 is 11.6 Å². The van der Waals surface area contributed by atoms with Crippen LogP contribution in [0.15, 0.2) is 48.7 Å². The summed E-state index contributed by atoms with van der Waals surface area (Å²) in [5.41, 5.74) is 2.04. The second kappa shape index (κ2) is 6.33. The van der Waals surface area contributed by atoms with E-state index in [0.29, 0.717) is 10.7 Å². The summed E-state index contributed by atoms with van der Waals surface area (Å²) in [4.78, 5) is 22.7. The molecule has 0 radical (unpaired) electrons. The zero-order valence-electron chi connectivity index (χ0n) is 12.8. The van der Waals surface area contributed by atoms with Crippen molar-refractivity contribution >= 4 is 39.8 Å². The molecule has 0 unspecified atom stereocenters. The van der Waals surface area contributed by atoms with E-state index in [1.54, 1.807) is 29.8 Å². The molecule has 2 aromatic carbocycles. The Morgan fingerprint density at radius 3 is 2.79 bits per heavy atom. The van der Waals surface area contributed by atoms with Crippen molar-refractivity contribution in [1.82, 2.24) is 4.57 Å². The molecule has 0 bridgehead atoms. The molecule has 0 saturated carbocycles. The minimum atomic E-state index is -0.488. The highest BCUT2D eigenvalue weighted by molar-refractivity contribution is 6.31. The highest BCUT2D eigenvalue weighted by Crippen LogP contribution is 2.23. The Kier molecular flexibility index (Phi) is 4.22. The highest BCUT2D eigenvalue weighted by atomic mass is 35.5. The number of hydrogen-bond acceptors (Lipinski definition) is 3. The fourth-order valence-corrected chi connectivity index (χ4v) is 2.69. The van der Waals surface area contributed by atoms with Gasteiger partial charge in [0, 0.05) is 34.3 Å². The van der Waals surface area contributed by atoms with E-state index in [-0.39, 0.29) is 18.1 Å². The van der Waals surface area contributed by atoms with Crippen LogP contribution in [-0.4, -0.2) is 15.4 Å². The summed E-state index contributed by atoms with van der Waals surface area (Å²) in [7, 11) is 0. The molecule has 3 rings (SSSR count). The lowest BCUT2D eigenvalue weighted by Crippen LogP contribution is -2.18. The minimum Gasteiger partial charge on any atom is -0.338 e. The zero-order chi connectivity index (χ0) is 17.3. The standard InChI is InChI=1S/C17H14ClN3O3/c1-11-2-4-14(21(23)24)9-15(11)19-17(22)10-20-7-6-12-8-13(18)3-5-16(12)20/h2-9H,10H2,1H3,(H,19,22). The summed E-state index contributed by atoms with van der Waals surface area (Å²) in [6.45, 7) is 1.89. The van der Waals surface area contributed by atoms with E-state index in [4.69, 9.17) is 11.6 Å². The predicted octanol–water partition coefficient (Wildman–Crippen LogP) is 4.15. The number of anilines is 1. The largest absolute Gasteiger partial charge is 0.338 e. The lowest BCUT2D eigenvalue weighted by atomic mass is 10.2. The van der Waals surface area contributed by atoms with Gasteiger partial charge in [0.25, 0.3) is 5.69 Å². The number of aryl methyl sites for hydroxylation is 1. The second-order valence-corrected chi connectivity index (χ2v) is 5.89. The molecule has 24 heavy (non-hydrogen) atoms. The maximum Gasteiger partial charge on any atom is 0.271 e. The first-order valence-corrected chi connectivity index (χ1v) is 7.61. The number of rotatable bonds is 4. The zero-order valence-corrected chi connectivity index (χ0v) is 13.6. The summed E-state index contributed by atoms with van der Waals surface area (Å²) in [6, 6.07) is 11.7. The first-order valence-electron chi connectivity index (χ1n) is 7.23. The van der Waals surface area contributed by atoms with Crippen molar-refractivity contribution < 1.29 is 9.72 Å². The first-order chi connectivity index (χ1) is 11.4. The average Bonchev–Trinajstić information content (AvgIpc) is 2.91. The molecule has 0 aliphatic carbocycles. The van der Waals surface area contributed by atoms with Crippen LogP contribution < -0.4 is 5.32 Å². The molecule has 0 atom stereocenters. The van der Waals surface area contributed by atoms with E-state index in [2.05, 4.69) is 5.32 Å². The van der Waals surface area contributed by atoms with Gasteiger partial charge in [0.1, 0.15) is 6.54 Å². The number of fused-ring (bicyclic) bond motifs is 1. The van der Waals surface area contributed by atoms with Crippen LogP contribution in [0.5, 0.6) is 0 Å². The quantitative estimate of drug-likeness (QED) is 0.571. The third-order valence-electron chi connectivity index (χ3n) is 3.75. The monoisotopic (exact) mass is 343 g/mol. The maximum absolute atomic E-state index is 12.3. The summed E-state index contributed by atoms with van der Waals surface area (Å²) in [5.74, 6) is -0.258. The number of nitrogens with one attached hydrogen (secondary N) is 1. The van der Waals surface area contributed by atoms with Crippen molar-refractivity contribution in [1.29, 1.82) is 0 Å². The van der Waals surface area contributed by atoms with Crippen molar-refractivity contribution in [2.45, 2.75) is 13.5 Å². The van der Waals surface area contributed by atoms with Gasteiger partial charge in [0.05, 0.1) is 10.6 Å². The van der Waals surface area contributed by atoms with Crippen LogP contribution in [0, 0.1) is 17.0 Å². The lowest BCUT2D eigenvalue weighted by molar-refractivity contribution is -0.384. The molecule has 1 amide bonds. The summed E-state index contributed by atoms with van der Waals surface area (Å²) in [5, 5.41) is 15.2. The van der Waals surface area contributed by atoms with Gasteiger partial charge in [-0.2, -0.15) is 0 Å². The van der Waals surface area contributed by atoms with Gasteiger partial charge in [0.15, 0.2) is 0 Å². The number of carbonyl (C=O) groups is 1. The Bertz CT molecular complexity index is 949. The minimum absolute atomic E-state index is 0.0584. The van der Waals surface area contributed by atoms with Gasteiger partial charge in [-0.25, -0.2) is 0 Å². The number of amides is 1. The second-order valence-electron chi connectivity index (χ2n) is 5.45. The van der Waals surface area contributed by atoms with Crippen LogP contribution in [0.2, 0.25) is 5.02 Å². The number of nitro groups is 1. The SMILES string of the molecule is Cc1ccc([N+](=O)[O-])cc1NC(=O)Cn1ccc2cc(Cl)ccc21. The van der Waals surface area contributed by atoms with Gasteiger partial charge in [-0.3, -0.25) is 14.9 Å². The molecule has 0 aliphatic rings. The van der Waals surface area contributed by atoms with E-state index >= 15 is 0 Å². The maximum atomic E-state index is 12.3. The molecule has 6 nitrogen and oxygen atoms in total. The molecule has 0 saturated heterocycles. The fourth-order valence-electron chi connectivity index (χ4n) is 2.51. The summed E-state index contributed by atoms with van der Waals surface area (Å²) >= 11 is 5.96. The Hall–Kier alpha value is -2.86. The van der Waals surface area contributed by atoms with E-state index in [1.807, 2.05) is 18.2 Å². The number of hydrogen-bond donors (Lipinski definition) is 1. The molecular weight excluding hydrogens is 330 g/mol. The molecule has 1 heterocycles. The average molecular weight is 344 g/mol. The molecular formula is C17H14ClN3O3. The number of carbonyl (C=O) groups excluding carboxylic acids is 1. The Balaban J connectivity index is 1.80. The molecule has 3 aromatic rings. The number of nitrogens with zero attached hydrogens (tertiary/aromatic N) is 2.